The van der Waals surface area contributed by atoms with E-state index < -0.39 is 11.2 Å². The van der Waals surface area contributed by atoms with E-state index in [1.54, 1.807) is 24.3 Å². The lowest BCUT2D eigenvalue weighted by atomic mass is 10.3. The van der Waals surface area contributed by atoms with Gasteiger partial charge in [-0.3, -0.25) is 9.36 Å². The zero-order valence-corrected chi connectivity index (χ0v) is 10.0. The molecule has 1 heterocycles. The molecule has 3 N–H and O–H groups in total. The molecule has 0 aliphatic heterocycles. The van der Waals surface area contributed by atoms with Crippen molar-refractivity contribution >= 4 is 17.2 Å². The van der Waals surface area contributed by atoms with Gasteiger partial charge in [-0.15, -0.1) is 5.10 Å². The standard InChI is InChI=1S/C11H13N5O2/c1-15-10(17)9(14-16(2)11(15)18)13-8-5-3-4-7(12)6-8/h3-6H,12H2,1-2H3,(H,13,14). The molecule has 1 aromatic heterocycles. The van der Waals surface area contributed by atoms with Crippen molar-refractivity contribution in [1.29, 1.82) is 0 Å². The summed E-state index contributed by atoms with van der Waals surface area (Å²) in [6.07, 6.45) is 0. The summed E-state index contributed by atoms with van der Waals surface area (Å²) in [7, 11) is 2.88. The molecule has 0 amide bonds. The van der Waals surface area contributed by atoms with Crippen molar-refractivity contribution in [2.24, 2.45) is 14.1 Å². The number of nitrogens with zero attached hydrogens (tertiary/aromatic N) is 3. The SMILES string of the molecule is Cn1nc(Nc2cccc(N)c2)c(=O)n(C)c1=O. The summed E-state index contributed by atoms with van der Waals surface area (Å²) in [5.74, 6) is 0.0743. The fourth-order valence-electron chi connectivity index (χ4n) is 1.53. The maximum atomic E-state index is 11.8. The second-order valence-electron chi connectivity index (χ2n) is 3.87. The number of nitrogens with two attached hydrogens (primary N) is 1. The summed E-state index contributed by atoms with van der Waals surface area (Å²) >= 11 is 0. The first-order valence-electron chi connectivity index (χ1n) is 5.26. The number of hydrogen-bond donors (Lipinski definition) is 2. The monoisotopic (exact) mass is 247 g/mol. The highest BCUT2D eigenvalue weighted by Gasteiger charge is 2.08. The smallest absolute Gasteiger partial charge is 0.346 e. The van der Waals surface area contributed by atoms with Gasteiger partial charge in [0.05, 0.1) is 0 Å². The van der Waals surface area contributed by atoms with Crippen molar-refractivity contribution in [3.05, 3.63) is 45.1 Å². The molecule has 0 saturated heterocycles. The maximum absolute atomic E-state index is 11.8. The minimum absolute atomic E-state index is 0.0743. The van der Waals surface area contributed by atoms with Gasteiger partial charge in [-0.25, -0.2) is 9.48 Å². The lowest BCUT2D eigenvalue weighted by Gasteiger charge is -2.08. The number of benzene rings is 1. The van der Waals surface area contributed by atoms with Gasteiger partial charge in [0, 0.05) is 25.5 Å². The fourth-order valence-corrected chi connectivity index (χ4v) is 1.53. The Morgan fingerprint density at radius 3 is 2.67 bits per heavy atom. The lowest BCUT2D eigenvalue weighted by molar-refractivity contribution is 0.607. The molecule has 0 aliphatic rings. The number of nitrogens with one attached hydrogen (secondary N) is 1. The molecule has 0 atom stereocenters. The van der Waals surface area contributed by atoms with E-state index in [0.717, 1.165) is 9.25 Å². The highest BCUT2D eigenvalue weighted by Crippen LogP contribution is 2.14. The van der Waals surface area contributed by atoms with Crippen molar-refractivity contribution in [2.75, 3.05) is 11.1 Å². The predicted molar refractivity (Wildman–Crippen MR) is 68.9 cm³/mol. The second-order valence-corrected chi connectivity index (χ2v) is 3.87. The molecule has 7 heteroatoms. The number of aryl methyl sites for hydroxylation is 1. The van der Waals surface area contributed by atoms with Crippen LogP contribution in [0.5, 0.6) is 0 Å². The average Bonchev–Trinajstić information content (AvgIpc) is 2.33. The number of aromatic nitrogens is 3. The first-order valence-corrected chi connectivity index (χ1v) is 5.26. The van der Waals surface area contributed by atoms with Crippen molar-refractivity contribution in [2.45, 2.75) is 0 Å². The second kappa shape index (κ2) is 4.36. The Labute approximate surface area is 102 Å². The van der Waals surface area contributed by atoms with Crippen LogP contribution in [-0.2, 0) is 14.1 Å². The quantitative estimate of drug-likeness (QED) is 0.717. The van der Waals surface area contributed by atoms with Gasteiger partial charge in [-0.2, -0.15) is 0 Å². The van der Waals surface area contributed by atoms with Crippen LogP contribution in [-0.4, -0.2) is 14.3 Å². The molecule has 0 saturated carbocycles. The average molecular weight is 247 g/mol. The maximum Gasteiger partial charge on any atom is 0.346 e. The predicted octanol–water partition coefficient (Wildman–Crippen LogP) is -0.195. The van der Waals surface area contributed by atoms with Crippen LogP contribution in [0.2, 0.25) is 0 Å². The van der Waals surface area contributed by atoms with E-state index in [4.69, 9.17) is 5.73 Å². The molecular weight excluding hydrogens is 234 g/mol. The van der Waals surface area contributed by atoms with Crippen molar-refractivity contribution in [3.63, 3.8) is 0 Å². The summed E-state index contributed by atoms with van der Waals surface area (Å²) in [4.78, 5) is 23.3. The Morgan fingerprint density at radius 2 is 2.00 bits per heavy atom. The van der Waals surface area contributed by atoms with Crippen molar-refractivity contribution < 1.29 is 0 Å². The van der Waals surface area contributed by atoms with Crippen LogP contribution in [0, 0.1) is 0 Å². The lowest BCUT2D eigenvalue weighted by Crippen LogP contribution is -2.39. The van der Waals surface area contributed by atoms with Gasteiger partial charge in [0.25, 0.3) is 5.56 Å². The number of rotatable bonds is 2. The largest absolute Gasteiger partial charge is 0.399 e. The molecule has 0 fully saturated rings. The normalized spacial score (nSPS) is 10.3. The van der Waals surface area contributed by atoms with E-state index in [9.17, 15) is 9.59 Å². The van der Waals surface area contributed by atoms with Crippen LogP contribution in [0.3, 0.4) is 0 Å². The molecular formula is C11H13N5O2. The van der Waals surface area contributed by atoms with E-state index in [1.165, 1.54) is 14.1 Å². The van der Waals surface area contributed by atoms with Gasteiger partial charge < -0.3 is 11.1 Å². The molecule has 2 aromatic rings. The Kier molecular flexibility index (Phi) is 2.88. The third kappa shape index (κ3) is 2.10. The van der Waals surface area contributed by atoms with E-state index in [2.05, 4.69) is 10.4 Å². The number of hydrogen-bond acceptors (Lipinski definition) is 5. The molecule has 94 valence electrons. The highest BCUT2D eigenvalue weighted by molar-refractivity contribution is 5.60. The van der Waals surface area contributed by atoms with Gasteiger partial charge in [0.2, 0.25) is 5.82 Å². The van der Waals surface area contributed by atoms with Gasteiger partial charge >= 0.3 is 5.69 Å². The van der Waals surface area contributed by atoms with Gasteiger partial charge in [-0.05, 0) is 18.2 Å². The molecule has 18 heavy (non-hydrogen) atoms. The first kappa shape index (κ1) is 11.9. The topological polar surface area (TPSA) is 94.9 Å². The molecule has 0 bridgehead atoms. The van der Waals surface area contributed by atoms with Crippen LogP contribution < -0.4 is 22.3 Å². The van der Waals surface area contributed by atoms with Crippen molar-refractivity contribution in [3.8, 4) is 0 Å². The van der Waals surface area contributed by atoms with Crippen LogP contribution in [0.25, 0.3) is 0 Å². The minimum Gasteiger partial charge on any atom is -0.399 e. The Hall–Kier alpha value is -2.57. The number of anilines is 3. The Morgan fingerprint density at radius 1 is 1.28 bits per heavy atom. The summed E-state index contributed by atoms with van der Waals surface area (Å²) in [5.41, 5.74) is 5.88. The summed E-state index contributed by atoms with van der Waals surface area (Å²) < 4.78 is 2.08. The van der Waals surface area contributed by atoms with Crippen LogP contribution in [0.1, 0.15) is 0 Å². The molecule has 7 nitrogen and oxygen atoms in total. The number of nitrogen functional groups attached to an aromatic ring is 1. The van der Waals surface area contributed by atoms with Crippen LogP contribution in [0.15, 0.2) is 33.9 Å². The molecule has 0 radical (unpaired) electrons. The molecule has 2 rings (SSSR count). The highest BCUT2D eigenvalue weighted by atomic mass is 16.2. The third-order valence-electron chi connectivity index (χ3n) is 2.47. The molecule has 0 aliphatic carbocycles. The van der Waals surface area contributed by atoms with E-state index in [-0.39, 0.29) is 5.82 Å². The van der Waals surface area contributed by atoms with Gasteiger partial charge in [0.1, 0.15) is 0 Å². The Balaban J connectivity index is 2.48. The Bertz CT molecular complexity index is 701. The van der Waals surface area contributed by atoms with E-state index in [0.29, 0.717) is 11.4 Å². The first-order chi connectivity index (χ1) is 8.49. The van der Waals surface area contributed by atoms with E-state index >= 15 is 0 Å². The summed E-state index contributed by atoms with van der Waals surface area (Å²) in [6.45, 7) is 0. The summed E-state index contributed by atoms with van der Waals surface area (Å²) in [6, 6.07) is 6.91. The fraction of sp³-hybridized carbons (Fsp3) is 0.182. The van der Waals surface area contributed by atoms with Crippen LogP contribution >= 0.6 is 0 Å². The zero-order chi connectivity index (χ0) is 13.3. The van der Waals surface area contributed by atoms with Gasteiger partial charge in [-0.1, -0.05) is 6.07 Å². The van der Waals surface area contributed by atoms with Crippen LogP contribution in [0.4, 0.5) is 17.2 Å². The van der Waals surface area contributed by atoms with E-state index in [1.807, 2.05) is 0 Å². The van der Waals surface area contributed by atoms with Gasteiger partial charge in [0.15, 0.2) is 0 Å². The van der Waals surface area contributed by atoms with Crippen molar-refractivity contribution in [1.82, 2.24) is 14.3 Å². The third-order valence-corrected chi connectivity index (χ3v) is 2.47. The molecule has 0 spiro atoms. The molecule has 0 unspecified atom stereocenters. The minimum atomic E-state index is -0.486. The molecule has 1 aromatic carbocycles. The summed E-state index contributed by atoms with van der Waals surface area (Å²) in [5, 5.41) is 6.71. The zero-order valence-electron chi connectivity index (χ0n) is 10.0.